The number of piperazine rings is 1. The van der Waals surface area contributed by atoms with E-state index in [1.807, 2.05) is 12.1 Å². The Morgan fingerprint density at radius 1 is 0.900 bits per heavy atom. The van der Waals surface area contributed by atoms with Crippen molar-refractivity contribution in [3.63, 3.8) is 0 Å². The molecule has 1 unspecified atom stereocenters. The van der Waals surface area contributed by atoms with E-state index in [0.29, 0.717) is 0 Å². The van der Waals surface area contributed by atoms with Crippen molar-refractivity contribution in [3.8, 4) is 11.3 Å². The van der Waals surface area contributed by atoms with Gasteiger partial charge < -0.3 is 9.30 Å². The summed E-state index contributed by atoms with van der Waals surface area (Å²) in [6.45, 7) is 9.57. The summed E-state index contributed by atoms with van der Waals surface area (Å²) in [5.74, 6) is 0.0979. The van der Waals surface area contributed by atoms with Crippen LogP contribution in [0.15, 0.2) is 97.3 Å². The zero-order chi connectivity index (χ0) is 27.6. The summed E-state index contributed by atoms with van der Waals surface area (Å²) in [4.78, 5) is 22.0. The summed E-state index contributed by atoms with van der Waals surface area (Å²) in [6.07, 6.45) is 5.29. The van der Waals surface area contributed by atoms with Gasteiger partial charge in [-0.15, -0.1) is 0 Å². The Bertz CT molecular complexity index is 1640. The molecule has 1 saturated heterocycles. The Balaban J connectivity index is 1.43. The Labute approximate surface area is 236 Å². The van der Waals surface area contributed by atoms with E-state index in [0.717, 1.165) is 55.2 Å². The molecule has 40 heavy (non-hydrogen) atoms. The molecule has 5 nitrogen and oxygen atoms in total. The van der Waals surface area contributed by atoms with Crippen LogP contribution in [0.25, 0.3) is 16.9 Å². The predicted octanol–water partition coefficient (Wildman–Crippen LogP) is 7.14. The minimum absolute atomic E-state index is 0.0979. The lowest BCUT2D eigenvalue weighted by atomic mass is 9.92. The second-order valence-corrected chi connectivity index (χ2v) is 10.9. The zero-order valence-corrected chi connectivity index (χ0v) is 23.5. The van der Waals surface area contributed by atoms with E-state index in [4.69, 9.17) is 4.98 Å². The number of pyridine rings is 1. The highest BCUT2D eigenvalue weighted by Crippen LogP contribution is 2.36. The number of Topliss-reactive ketones (excluding diaryl/α,β-unsaturated/α-hetero) is 1. The Morgan fingerprint density at radius 2 is 1.70 bits per heavy atom. The minimum atomic E-state index is 0.0979. The molecule has 5 heteroatoms. The van der Waals surface area contributed by atoms with Crippen LogP contribution in [0, 0.1) is 6.92 Å². The van der Waals surface area contributed by atoms with Crippen molar-refractivity contribution in [2.45, 2.75) is 39.8 Å². The fourth-order valence-corrected chi connectivity index (χ4v) is 5.84. The van der Waals surface area contributed by atoms with Crippen LogP contribution in [-0.2, 0) is 13.0 Å². The van der Waals surface area contributed by atoms with E-state index in [-0.39, 0.29) is 11.8 Å². The van der Waals surface area contributed by atoms with Gasteiger partial charge >= 0.3 is 0 Å². The smallest absolute Gasteiger partial charge is 0.159 e. The molecule has 0 amide bonds. The fraction of sp³-hybridized carbons (Fsp3) is 0.257. The third-order valence-electron chi connectivity index (χ3n) is 8.12. The first kappa shape index (κ1) is 26.0. The van der Waals surface area contributed by atoms with E-state index in [9.17, 15) is 4.79 Å². The third-order valence-corrected chi connectivity index (χ3v) is 8.12. The van der Waals surface area contributed by atoms with Crippen LogP contribution in [0.3, 0.4) is 0 Å². The minimum Gasteiger partial charge on any atom is -0.368 e. The lowest BCUT2D eigenvalue weighted by Gasteiger charge is -2.43. The molecule has 1 aliphatic heterocycles. The van der Waals surface area contributed by atoms with Gasteiger partial charge in [0.05, 0.1) is 11.7 Å². The highest BCUT2D eigenvalue weighted by atomic mass is 16.1. The summed E-state index contributed by atoms with van der Waals surface area (Å²) in [5.41, 5.74) is 10.3. The first-order valence-corrected chi connectivity index (χ1v) is 14.2. The molecule has 202 valence electrons. The Morgan fingerprint density at radius 3 is 2.45 bits per heavy atom. The van der Waals surface area contributed by atoms with Crippen LogP contribution in [0.1, 0.15) is 52.5 Å². The normalized spacial score (nSPS) is 16.0. The van der Waals surface area contributed by atoms with Gasteiger partial charge in [-0.3, -0.25) is 9.69 Å². The highest BCUT2D eigenvalue weighted by molar-refractivity contribution is 5.94. The van der Waals surface area contributed by atoms with Gasteiger partial charge in [-0.05, 0) is 72.9 Å². The van der Waals surface area contributed by atoms with Crippen LogP contribution in [0.2, 0.25) is 0 Å². The molecule has 1 atom stereocenters. The molecule has 0 bridgehead atoms. The number of benzene rings is 3. The zero-order valence-electron chi connectivity index (χ0n) is 23.5. The Hall–Kier alpha value is -4.22. The maximum Gasteiger partial charge on any atom is 0.159 e. The number of aryl methyl sites for hydroxylation is 2. The van der Waals surface area contributed by atoms with Crippen LogP contribution < -0.4 is 4.90 Å². The number of ketones is 1. The summed E-state index contributed by atoms with van der Waals surface area (Å²) in [6, 6.07) is 30.1. The maximum absolute atomic E-state index is 11.9. The molecular weight excluding hydrogens is 492 g/mol. The standard InChI is InChI=1S/C35H36N4O/c1-4-27-11-16-31(33-23-39-21-25(2)10-17-35(39)36-33)32(20-27)34-24-37(30-14-12-29(13-15-30)26(3)40)18-19-38(34)22-28-8-6-5-7-9-28/h5-17,20-21,23,34H,4,18-19,22,24H2,1-3H3. The third kappa shape index (κ3) is 5.30. The van der Waals surface area contributed by atoms with Gasteiger partial charge in [0.25, 0.3) is 0 Å². The molecular formula is C35H36N4O. The van der Waals surface area contributed by atoms with Crippen LogP contribution in [-0.4, -0.2) is 39.7 Å². The van der Waals surface area contributed by atoms with E-state index in [2.05, 4.69) is 113 Å². The number of hydrogen-bond acceptors (Lipinski definition) is 4. The topological polar surface area (TPSA) is 40.9 Å². The largest absolute Gasteiger partial charge is 0.368 e. The van der Waals surface area contributed by atoms with E-state index in [1.54, 1.807) is 6.92 Å². The number of aromatic nitrogens is 2. The second kappa shape index (κ2) is 11.1. The number of anilines is 1. The fourth-order valence-electron chi connectivity index (χ4n) is 5.84. The molecule has 0 spiro atoms. The second-order valence-electron chi connectivity index (χ2n) is 10.9. The van der Waals surface area contributed by atoms with Crippen molar-refractivity contribution in [2.75, 3.05) is 24.5 Å². The number of carbonyl (C=O) groups excluding carboxylic acids is 1. The molecule has 0 N–H and O–H groups in total. The van der Waals surface area contributed by atoms with Crippen molar-refractivity contribution in [1.82, 2.24) is 14.3 Å². The van der Waals surface area contributed by atoms with Crippen LogP contribution in [0.4, 0.5) is 5.69 Å². The van der Waals surface area contributed by atoms with Gasteiger partial charge in [0.15, 0.2) is 5.78 Å². The lowest BCUT2D eigenvalue weighted by molar-refractivity contribution is 0.101. The molecule has 5 aromatic rings. The van der Waals surface area contributed by atoms with Crippen molar-refractivity contribution < 1.29 is 4.79 Å². The van der Waals surface area contributed by atoms with Gasteiger partial charge in [-0.1, -0.05) is 61.5 Å². The first-order chi connectivity index (χ1) is 19.5. The van der Waals surface area contributed by atoms with E-state index in [1.165, 1.54) is 27.8 Å². The number of rotatable bonds is 7. The molecule has 6 rings (SSSR count). The number of hydrogen-bond donors (Lipinski definition) is 0. The number of imidazole rings is 1. The molecule has 0 radical (unpaired) electrons. The summed E-state index contributed by atoms with van der Waals surface area (Å²) in [7, 11) is 0. The highest BCUT2D eigenvalue weighted by Gasteiger charge is 2.31. The first-order valence-electron chi connectivity index (χ1n) is 14.2. The summed E-state index contributed by atoms with van der Waals surface area (Å²) in [5, 5.41) is 0. The van der Waals surface area contributed by atoms with Crippen molar-refractivity contribution in [1.29, 1.82) is 0 Å². The molecule has 3 aromatic carbocycles. The number of nitrogens with zero attached hydrogens (tertiary/aromatic N) is 4. The SMILES string of the molecule is CCc1ccc(-c2cn3cc(C)ccc3n2)c(C2CN(c3ccc(C(C)=O)cc3)CCN2Cc2ccccc2)c1. The maximum atomic E-state index is 11.9. The molecule has 1 aliphatic rings. The van der Waals surface area contributed by atoms with Gasteiger partial charge in [0.1, 0.15) is 5.65 Å². The molecule has 3 heterocycles. The molecule has 1 fully saturated rings. The number of fused-ring (bicyclic) bond motifs is 1. The predicted molar refractivity (Wildman–Crippen MR) is 163 cm³/mol. The Kier molecular flexibility index (Phi) is 7.23. The van der Waals surface area contributed by atoms with Gasteiger partial charge in [-0.25, -0.2) is 4.98 Å². The summed E-state index contributed by atoms with van der Waals surface area (Å²) >= 11 is 0. The van der Waals surface area contributed by atoms with Gasteiger partial charge in [0, 0.05) is 55.4 Å². The van der Waals surface area contributed by atoms with E-state index < -0.39 is 0 Å². The van der Waals surface area contributed by atoms with Crippen molar-refractivity contribution >= 4 is 17.1 Å². The van der Waals surface area contributed by atoms with Crippen molar-refractivity contribution in [3.05, 3.63) is 125 Å². The van der Waals surface area contributed by atoms with E-state index >= 15 is 0 Å². The monoisotopic (exact) mass is 528 g/mol. The van der Waals surface area contributed by atoms with Crippen molar-refractivity contribution in [2.24, 2.45) is 0 Å². The van der Waals surface area contributed by atoms with Gasteiger partial charge in [0.2, 0.25) is 0 Å². The average Bonchev–Trinajstić information content (AvgIpc) is 3.40. The quantitative estimate of drug-likeness (QED) is 0.211. The summed E-state index contributed by atoms with van der Waals surface area (Å²) < 4.78 is 2.13. The average molecular weight is 529 g/mol. The van der Waals surface area contributed by atoms with Crippen LogP contribution in [0.5, 0.6) is 0 Å². The van der Waals surface area contributed by atoms with Gasteiger partial charge in [-0.2, -0.15) is 0 Å². The molecule has 0 aliphatic carbocycles. The lowest BCUT2D eigenvalue weighted by Crippen LogP contribution is -2.48. The van der Waals surface area contributed by atoms with Crippen LogP contribution >= 0.6 is 0 Å². The molecule has 0 saturated carbocycles. The number of carbonyl (C=O) groups is 1. The molecule has 2 aromatic heterocycles.